The van der Waals surface area contributed by atoms with Crippen LogP contribution in [0.3, 0.4) is 0 Å². The highest BCUT2D eigenvalue weighted by atomic mass is 35.5. The average Bonchev–Trinajstić information content (AvgIpc) is 3.43. The summed E-state index contributed by atoms with van der Waals surface area (Å²) in [5.41, 5.74) is 3.60. The number of methoxy groups -OCH3 is 1. The predicted octanol–water partition coefficient (Wildman–Crippen LogP) is 6.20. The molecule has 0 aliphatic rings. The maximum atomic E-state index is 13.1. The van der Waals surface area contributed by atoms with Crippen molar-refractivity contribution in [2.75, 3.05) is 12.4 Å². The number of rotatable bonds is 6. The molecule has 0 aliphatic carbocycles. The predicted molar refractivity (Wildman–Crippen MR) is 141 cm³/mol. The van der Waals surface area contributed by atoms with Gasteiger partial charge in [0.1, 0.15) is 16.6 Å². The number of nitrogens with one attached hydrogen (secondary N) is 1. The molecular weight excluding hydrogens is 496 g/mol. The molecule has 1 amide bonds. The van der Waals surface area contributed by atoms with Gasteiger partial charge in [-0.3, -0.25) is 4.79 Å². The number of para-hydroxylation sites is 1. The minimum Gasteiger partial charge on any atom is -0.465 e. The summed E-state index contributed by atoms with van der Waals surface area (Å²) < 4.78 is 6.55. The molecule has 9 heteroatoms. The lowest BCUT2D eigenvalue weighted by Gasteiger charge is -2.06. The number of nitriles is 1. The Morgan fingerprint density at radius 2 is 1.83 bits per heavy atom. The minimum atomic E-state index is -0.640. The zero-order valence-electron chi connectivity index (χ0n) is 19.7. The van der Waals surface area contributed by atoms with Gasteiger partial charge in [-0.15, -0.1) is 11.3 Å². The number of esters is 1. The number of anilines is 1. The molecule has 0 unspecified atom stereocenters. The summed E-state index contributed by atoms with van der Waals surface area (Å²) in [5.74, 6) is -1.19. The summed E-state index contributed by atoms with van der Waals surface area (Å²) >= 11 is 7.31. The number of hydrogen-bond donors (Lipinski definition) is 1. The molecule has 7 nitrogen and oxygen atoms in total. The van der Waals surface area contributed by atoms with E-state index in [9.17, 15) is 14.9 Å². The molecular formula is C27H21ClN4O3S. The van der Waals surface area contributed by atoms with E-state index in [1.165, 1.54) is 24.5 Å². The zero-order valence-corrected chi connectivity index (χ0v) is 21.3. The van der Waals surface area contributed by atoms with Crippen LogP contribution in [-0.2, 0) is 9.53 Å². The van der Waals surface area contributed by atoms with Gasteiger partial charge in [0.05, 0.1) is 24.1 Å². The van der Waals surface area contributed by atoms with E-state index in [-0.39, 0.29) is 11.1 Å². The summed E-state index contributed by atoms with van der Waals surface area (Å²) in [6, 6.07) is 18.6. The van der Waals surface area contributed by atoms with Crippen LogP contribution in [0.5, 0.6) is 0 Å². The summed E-state index contributed by atoms with van der Waals surface area (Å²) in [5, 5.41) is 18.2. The van der Waals surface area contributed by atoms with Crippen molar-refractivity contribution in [3.8, 4) is 23.0 Å². The number of thiophene rings is 1. The van der Waals surface area contributed by atoms with Gasteiger partial charge in [0, 0.05) is 27.2 Å². The molecule has 0 saturated heterocycles. The van der Waals surface area contributed by atoms with Crippen LogP contribution in [0.2, 0.25) is 5.02 Å². The highest BCUT2D eigenvalue weighted by Gasteiger charge is 2.23. The molecule has 0 atom stereocenters. The number of benzene rings is 2. The van der Waals surface area contributed by atoms with Crippen molar-refractivity contribution in [1.29, 1.82) is 5.26 Å². The Balaban J connectivity index is 1.75. The first kappa shape index (κ1) is 24.9. The second kappa shape index (κ2) is 10.6. The monoisotopic (exact) mass is 516 g/mol. The Labute approximate surface area is 217 Å². The largest absolute Gasteiger partial charge is 0.465 e. The van der Waals surface area contributed by atoms with E-state index in [0.29, 0.717) is 21.3 Å². The molecule has 0 spiro atoms. The molecule has 0 aliphatic heterocycles. The highest BCUT2D eigenvalue weighted by molar-refractivity contribution is 7.16. The van der Waals surface area contributed by atoms with Crippen LogP contribution < -0.4 is 5.32 Å². The normalized spacial score (nSPS) is 11.1. The van der Waals surface area contributed by atoms with Crippen LogP contribution in [0.4, 0.5) is 5.00 Å². The van der Waals surface area contributed by atoms with Crippen LogP contribution in [0, 0.1) is 25.2 Å². The maximum Gasteiger partial charge on any atom is 0.341 e. The van der Waals surface area contributed by atoms with Crippen molar-refractivity contribution >= 4 is 45.9 Å². The third-order valence-corrected chi connectivity index (χ3v) is 6.92. The van der Waals surface area contributed by atoms with Crippen LogP contribution in [0.25, 0.3) is 23.0 Å². The van der Waals surface area contributed by atoms with Crippen molar-refractivity contribution in [1.82, 2.24) is 9.78 Å². The molecule has 0 saturated carbocycles. The number of carbonyl (C=O) groups excluding carboxylic acids is 2. The molecule has 4 aromatic rings. The van der Waals surface area contributed by atoms with Gasteiger partial charge in [-0.2, -0.15) is 10.4 Å². The van der Waals surface area contributed by atoms with Crippen LogP contribution in [0.1, 0.15) is 26.4 Å². The lowest BCUT2D eigenvalue weighted by Crippen LogP contribution is -2.15. The van der Waals surface area contributed by atoms with Crippen molar-refractivity contribution in [3.05, 3.63) is 93.0 Å². The lowest BCUT2D eigenvalue weighted by molar-refractivity contribution is -0.112. The second-order valence-corrected chi connectivity index (χ2v) is 9.48. The lowest BCUT2D eigenvalue weighted by atomic mass is 10.1. The van der Waals surface area contributed by atoms with Crippen LogP contribution in [0.15, 0.2) is 66.4 Å². The van der Waals surface area contributed by atoms with Gasteiger partial charge in [-0.1, -0.05) is 41.9 Å². The summed E-state index contributed by atoms with van der Waals surface area (Å²) in [7, 11) is 1.28. The first-order chi connectivity index (χ1) is 17.3. The smallest absolute Gasteiger partial charge is 0.341 e. The third kappa shape index (κ3) is 5.08. The van der Waals surface area contributed by atoms with E-state index < -0.39 is 11.9 Å². The molecule has 180 valence electrons. The first-order valence-electron chi connectivity index (χ1n) is 10.8. The molecule has 2 aromatic heterocycles. The number of ether oxygens (including phenoxy) is 1. The van der Waals surface area contributed by atoms with Gasteiger partial charge in [0.25, 0.3) is 5.91 Å². The molecule has 0 fully saturated rings. The zero-order chi connectivity index (χ0) is 25.8. The summed E-state index contributed by atoms with van der Waals surface area (Å²) in [6.07, 6.45) is 3.24. The minimum absolute atomic E-state index is 0.141. The van der Waals surface area contributed by atoms with Crippen molar-refractivity contribution in [3.63, 3.8) is 0 Å². The number of aromatic nitrogens is 2. The van der Waals surface area contributed by atoms with E-state index in [4.69, 9.17) is 21.4 Å². The Morgan fingerprint density at radius 1 is 1.14 bits per heavy atom. The first-order valence-corrected chi connectivity index (χ1v) is 12.0. The fourth-order valence-corrected chi connectivity index (χ4v) is 4.74. The highest BCUT2D eigenvalue weighted by Crippen LogP contribution is 2.33. The van der Waals surface area contributed by atoms with Gasteiger partial charge in [0.15, 0.2) is 0 Å². The number of carbonyl (C=O) groups is 2. The van der Waals surface area contributed by atoms with Gasteiger partial charge in [0.2, 0.25) is 0 Å². The van der Waals surface area contributed by atoms with Gasteiger partial charge < -0.3 is 10.1 Å². The van der Waals surface area contributed by atoms with E-state index in [1.807, 2.05) is 55.5 Å². The summed E-state index contributed by atoms with van der Waals surface area (Å²) in [6.45, 7) is 3.63. The van der Waals surface area contributed by atoms with Crippen molar-refractivity contribution in [2.45, 2.75) is 13.8 Å². The molecule has 2 aromatic carbocycles. The van der Waals surface area contributed by atoms with E-state index in [1.54, 1.807) is 29.9 Å². The SMILES string of the molecule is COC(=O)c1c(NC(=O)C(C#N)=Cc2cn(-c3ccccc3)nc2-c2ccc(Cl)cc2)sc(C)c1C. The fraction of sp³-hybridized carbons (Fsp3) is 0.111. The topological polar surface area (TPSA) is 97.0 Å². The van der Waals surface area contributed by atoms with Gasteiger partial charge >= 0.3 is 5.97 Å². The Hall–Kier alpha value is -4.19. The van der Waals surface area contributed by atoms with E-state index >= 15 is 0 Å². The molecule has 4 rings (SSSR count). The molecule has 1 N–H and O–H groups in total. The van der Waals surface area contributed by atoms with Crippen LogP contribution >= 0.6 is 22.9 Å². The fourth-order valence-electron chi connectivity index (χ4n) is 3.58. The average molecular weight is 517 g/mol. The molecule has 0 bridgehead atoms. The standard InChI is InChI=1S/C27H21ClN4O3S/c1-16-17(2)36-26(23(16)27(34)35-3)30-25(33)19(14-29)13-20-15-32(22-7-5-4-6-8-22)31-24(20)18-9-11-21(28)12-10-18/h4-13,15H,1-3H3,(H,30,33). The quantitative estimate of drug-likeness (QED) is 0.187. The van der Waals surface area contributed by atoms with Crippen LogP contribution in [-0.4, -0.2) is 28.8 Å². The Bertz CT molecular complexity index is 1510. The summed E-state index contributed by atoms with van der Waals surface area (Å²) in [4.78, 5) is 26.2. The van der Waals surface area contributed by atoms with Gasteiger partial charge in [-0.05, 0) is 49.8 Å². The number of halogens is 1. The maximum absolute atomic E-state index is 13.1. The van der Waals surface area contributed by atoms with Crippen molar-refractivity contribution < 1.29 is 14.3 Å². The van der Waals surface area contributed by atoms with E-state index in [0.717, 1.165) is 21.7 Å². The third-order valence-electron chi connectivity index (χ3n) is 5.55. The second-order valence-electron chi connectivity index (χ2n) is 7.82. The van der Waals surface area contributed by atoms with Crippen molar-refractivity contribution in [2.24, 2.45) is 0 Å². The van der Waals surface area contributed by atoms with Gasteiger partial charge in [-0.25, -0.2) is 9.48 Å². The molecule has 0 radical (unpaired) electrons. The van der Waals surface area contributed by atoms with E-state index in [2.05, 4.69) is 5.32 Å². The number of amides is 1. The Morgan fingerprint density at radius 3 is 2.47 bits per heavy atom. The molecule has 2 heterocycles. The number of aryl methyl sites for hydroxylation is 1. The molecule has 36 heavy (non-hydrogen) atoms. The number of hydrogen-bond acceptors (Lipinski definition) is 6. The number of nitrogens with zero attached hydrogens (tertiary/aromatic N) is 3. The Kier molecular flexibility index (Phi) is 7.34.